The van der Waals surface area contributed by atoms with Gasteiger partial charge in [0.15, 0.2) is 0 Å². The van der Waals surface area contributed by atoms with Gasteiger partial charge in [-0.3, -0.25) is 0 Å². The van der Waals surface area contributed by atoms with Crippen LogP contribution in [0.25, 0.3) is 0 Å². The van der Waals surface area contributed by atoms with E-state index in [0.717, 1.165) is 12.7 Å². The topological polar surface area (TPSA) is 29.5 Å². The minimum Gasteiger partial charge on any atom is -0.512 e. The number of unbranched alkanes of at least 4 members (excludes halogenated alkanes) is 2. The fourth-order valence-electron chi connectivity index (χ4n) is 0.546. The summed E-state index contributed by atoms with van der Waals surface area (Å²) in [6.07, 6.45) is 5.67. The van der Waals surface area contributed by atoms with Gasteiger partial charge in [-0.1, -0.05) is 19.8 Å². The standard InChI is InChI=1S/C7H14O2/c1-2-3-4-6-9-7-5-8/h5,7-8H,2-4,6H2,1H3. The molecule has 2 nitrogen and oxygen atoms in total. The van der Waals surface area contributed by atoms with Crippen molar-refractivity contribution in [1.29, 1.82) is 0 Å². The van der Waals surface area contributed by atoms with Crippen LogP contribution >= 0.6 is 0 Å². The Balaban J connectivity index is 2.75. The predicted octanol–water partition coefficient (Wildman–Crippen LogP) is 2.22. The highest BCUT2D eigenvalue weighted by molar-refractivity contribution is 4.56. The van der Waals surface area contributed by atoms with Gasteiger partial charge in [-0.05, 0) is 6.42 Å². The summed E-state index contributed by atoms with van der Waals surface area (Å²) in [4.78, 5) is 0. The number of aliphatic hydroxyl groups is 1. The largest absolute Gasteiger partial charge is 0.512 e. The van der Waals surface area contributed by atoms with E-state index in [-0.39, 0.29) is 0 Å². The lowest BCUT2D eigenvalue weighted by Gasteiger charge is -1.96. The number of aliphatic hydroxyl groups excluding tert-OH is 1. The SMILES string of the molecule is CCCCCOC=CO. The first kappa shape index (κ1) is 8.34. The van der Waals surface area contributed by atoms with Crippen LogP contribution in [-0.2, 0) is 4.74 Å². The van der Waals surface area contributed by atoms with E-state index in [1.54, 1.807) is 0 Å². The Hall–Kier alpha value is -0.660. The molecular formula is C7H14O2. The van der Waals surface area contributed by atoms with Crippen molar-refractivity contribution in [1.82, 2.24) is 0 Å². The van der Waals surface area contributed by atoms with Crippen LogP contribution in [0, 0.1) is 0 Å². The highest BCUT2D eigenvalue weighted by atomic mass is 16.5. The second kappa shape index (κ2) is 7.34. The maximum Gasteiger partial charge on any atom is 0.117 e. The normalized spacial score (nSPS) is 10.3. The lowest BCUT2D eigenvalue weighted by molar-refractivity contribution is 0.231. The first-order valence-corrected chi connectivity index (χ1v) is 3.32. The molecule has 1 N–H and O–H groups in total. The van der Waals surface area contributed by atoms with E-state index in [1.807, 2.05) is 0 Å². The predicted molar refractivity (Wildman–Crippen MR) is 37.2 cm³/mol. The molecule has 0 radical (unpaired) electrons. The molecule has 0 aromatic carbocycles. The summed E-state index contributed by atoms with van der Waals surface area (Å²) in [6.45, 7) is 2.85. The van der Waals surface area contributed by atoms with Crippen molar-refractivity contribution in [3.8, 4) is 0 Å². The molecule has 0 aromatic heterocycles. The molecule has 0 rings (SSSR count). The molecule has 0 aliphatic carbocycles. The van der Waals surface area contributed by atoms with Gasteiger partial charge in [0.1, 0.15) is 12.5 Å². The van der Waals surface area contributed by atoms with E-state index in [2.05, 4.69) is 6.92 Å². The average Bonchev–Trinajstić information content (AvgIpc) is 1.89. The number of ether oxygens (including phenoxy) is 1. The van der Waals surface area contributed by atoms with Crippen molar-refractivity contribution in [2.45, 2.75) is 26.2 Å². The average molecular weight is 130 g/mol. The summed E-state index contributed by atoms with van der Waals surface area (Å²) in [5.41, 5.74) is 0. The van der Waals surface area contributed by atoms with E-state index >= 15 is 0 Å². The van der Waals surface area contributed by atoms with Gasteiger partial charge < -0.3 is 9.84 Å². The molecule has 0 unspecified atom stereocenters. The third-order valence-corrected chi connectivity index (χ3v) is 1.02. The van der Waals surface area contributed by atoms with Crippen molar-refractivity contribution in [2.75, 3.05) is 6.61 Å². The maximum absolute atomic E-state index is 8.12. The van der Waals surface area contributed by atoms with Gasteiger partial charge in [0.05, 0.1) is 6.61 Å². The smallest absolute Gasteiger partial charge is 0.117 e. The van der Waals surface area contributed by atoms with Crippen LogP contribution in [0.5, 0.6) is 0 Å². The monoisotopic (exact) mass is 130 g/mol. The van der Waals surface area contributed by atoms with Crippen LogP contribution in [0.15, 0.2) is 12.5 Å². The summed E-state index contributed by atoms with van der Waals surface area (Å²) in [5, 5.41) is 8.12. The van der Waals surface area contributed by atoms with Crippen LogP contribution in [0.4, 0.5) is 0 Å². The first-order chi connectivity index (χ1) is 4.41. The second-order valence-corrected chi connectivity index (χ2v) is 1.86. The van der Waals surface area contributed by atoms with Crippen molar-refractivity contribution in [3.63, 3.8) is 0 Å². The minimum absolute atomic E-state index is 0.713. The number of hydrogen-bond donors (Lipinski definition) is 1. The van der Waals surface area contributed by atoms with Crippen molar-refractivity contribution < 1.29 is 9.84 Å². The van der Waals surface area contributed by atoms with Gasteiger partial charge in [0, 0.05) is 0 Å². The van der Waals surface area contributed by atoms with Crippen LogP contribution in [0.1, 0.15) is 26.2 Å². The summed E-state index contributed by atoms with van der Waals surface area (Å²) in [5.74, 6) is 0. The quantitative estimate of drug-likeness (QED) is 0.456. The first-order valence-electron chi connectivity index (χ1n) is 3.32. The van der Waals surface area contributed by atoms with Gasteiger partial charge in [-0.25, -0.2) is 0 Å². The Kier molecular flexibility index (Phi) is 6.80. The number of rotatable bonds is 5. The summed E-state index contributed by atoms with van der Waals surface area (Å²) < 4.78 is 4.85. The molecule has 0 saturated carbocycles. The zero-order valence-electron chi connectivity index (χ0n) is 5.84. The minimum atomic E-state index is 0.713. The van der Waals surface area contributed by atoms with Crippen LogP contribution in [0.3, 0.4) is 0 Å². The fraction of sp³-hybridized carbons (Fsp3) is 0.714. The summed E-state index contributed by atoms with van der Waals surface area (Å²) >= 11 is 0. The van der Waals surface area contributed by atoms with Crippen LogP contribution < -0.4 is 0 Å². The molecule has 0 spiro atoms. The van der Waals surface area contributed by atoms with Gasteiger partial charge in [0.2, 0.25) is 0 Å². The van der Waals surface area contributed by atoms with Gasteiger partial charge in [0.25, 0.3) is 0 Å². The zero-order chi connectivity index (χ0) is 6.95. The van der Waals surface area contributed by atoms with Crippen molar-refractivity contribution in [2.24, 2.45) is 0 Å². The third kappa shape index (κ3) is 7.34. The van der Waals surface area contributed by atoms with Crippen LogP contribution in [-0.4, -0.2) is 11.7 Å². The molecule has 0 fully saturated rings. The van der Waals surface area contributed by atoms with E-state index in [9.17, 15) is 0 Å². The molecule has 0 aliphatic heterocycles. The number of hydrogen-bond acceptors (Lipinski definition) is 2. The van der Waals surface area contributed by atoms with Crippen molar-refractivity contribution >= 4 is 0 Å². The molecule has 2 heteroatoms. The van der Waals surface area contributed by atoms with Crippen LogP contribution in [0.2, 0.25) is 0 Å². The molecule has 0 aromatic rings. The molecule has 0 heterocycles. The Labute approximate surface area is 56.1 Å². The molecule has 9 heavy (non-hydrogen) atoms. The van der Waals surface area contributed by atoms with E-state index in [1.165, 1.54) is 19.1 Å². The van der Waals surface area contributed by atoms with E-state index in [4.69, 9.17) is 9.84 Å². The lowest BCUT2D eigenvalue weighted by atomic mass is 10.3. The summed E-state index contributed by atoms with van der Waals surface area (Å²) in [6, 6.07) is 0. The van der Waals surface area contributed by atoms with E-state index < -0.39 is 0 Å². The molecule has 0 atom stereocenters. The molecule has 0 bridgehead atoms. The van der Waals surface area contributed by atoms with Gasteiger partial charge in [-0.15, -0.1) is 0 Å². The maximum atomic E-state index is 8.12. The molecule has 0 amide bonds. The zero-order valence-corrected chi connectivity index (χ0v) is 5.84. The Morgan fingerprint density at radius 1 is 1.44 bits per heavy atom. The second-order valence-electron chi connectivity index (χ2n) is 1.86. The molecule has 54 valence electrons. The Morgan fingerprint density at radius 2 is 2.22 bits per heavy atom. The molecular weight excluding hydrogens is 116 g/mol. The Bertz CT molecular complexity index is 69.3. The van der Waals surface area contributed by atoms with Gasteiger partial charge >= 0.3 is 0 Å². The molecule has 0 aliphatic rings. The Morgan fingerprint density at radius 3 is 2.78 bits per heavy atom. The summed E-state index contributed by atoms with van der Waals surface area (Å²) in [7, 11) is 0. The van der Waals surface area contributed by atoms with Crippen molar-refractivity contribution in [3.05, 3.63) is 12.5 Å². The fourth-order valence-corrected chi connectivity index (χ4v) is 0.546. The lowest BCUT2D eigenvalue weighted by Crippen LogP contribution is -1.85. The molecule has 0 saturated heterocycles. The third-order valence-electron chi connectivity index (χ3n) is 1.02. The van der Waals surface area contributed by atoms with E-state index in [0.29, 0.717) is 6.61 Å². The van der Waals surface area contributed by atoms with Gasteiger partial charge in [-0.2, -0.15) is 0 Å². The highest BCUT2D eigenvalue weighted by Gasteiger charge is 1.82. The highest BCUT2D eigenvalue weighted by Crippen LogP contribution is 1.93.